The van der Waals surface area contributed by atoms with Crippen LogP contribution in [0.1, 0.15) is 12.7 Å². The summed E-state index contributed by atoms with van der Waals surface area (Å²) >= 11 is 5.96. The van der Waals surface area contributed by atoms with E-state index in [4.69, 9.17) is 16.3 Å². The smallest absolute Gasteiger partial charge is 0.146 e. The second kappa shape index (κ2) is 5.73. The Kier molecular flexibility index (Phi) is 4.04. The van der Waals surface area contributed by atoms with Crippen molar-refractivity contribution >= 4 is 17.3 Å². The molecule has 0 aliphatic carbocycles. The quantitative estimate of drug-likeness (QED) is 0.904. The number of benzene rings is 1. The molecule has 0 radical (unpaired) electrons. The number of nitrogens with zero attached hydrogens (tertiary/aromatic N) is 3. The van der Waals surface area contributed by atoms with Gasteiger partial charge < -0.3 is 10.1 Å². The van der Waals surface area contributed by atoms with E-state index in [1.165, 1.54) is 0 Å². The maximum atomic E-state index is 5.96. The van der Waals surface area contributed by atoms with Gasteiger partial charge in [0.15, 0.2) is 0 Å². The minimum atomic E-state index is 0.574. The van der Waals surface area contributed by atoms with Crippen LogP contribution in [-0.4, -0.2) is 21.9 Å². The molecule has 2 rings (SSSR count). The average molecular weight is 267 g/mol. The van der Waals surface area contributed by atoms with E-state index < -0.39 is 0 Å². The van der Waals surface area contributed by atoms with Crippen molar-refractivity contribution in [3.05, 3.63) is 35.4 Å². The van der Waals surface area contributed by atoms with Gasteiger partial charge in [-0.05, 0) is 25.1 Å². The van der Waals surface area contributed by atoms with Crippen LogP contribution in [0.25, 0.3) is 0 Å². The third kappa shape index (κ3) is 2.73. The second-order valence-electron chi connectivity index (χ2n) is 3.69. The van der Waals surface area contributed by atoms with Gasteiger partial charge in [0.2, 0.25) is 0 Å². The zero-order valence-corrected chi connectivity index (χ0v) is 11.1. The number of hydrogen-bond acceptors (Lipinski definition) is 4. The number of ether oxygens (including phenoxy) is 1. The number of halogens is 1. The summed E-state index contributed by atoms with van der Waals surface area (Å²) in [4.78, 5) is 4.20. The fourth-order valence-electron chi connectivity index (χ4n) is 1.68. The minimum Gasteiger partial charge on any atom is -0.495 e. The van der Waals surface area contributed by atoms with E-state index in [1.807, 2.05) is 23.7 Å². The average Bonchev–Trinajstić information content (AvgIpc) is 2.84. The Hall–Kier alpha value is -1.75. The lowest BCUT2D eigenvalue weighted by Gasteiger charge is -2.11. The Morgan fingerprint density at radius 3 is 3.00 bits per heavy atom. The van der Waals surface area contributed by atoms with E-state index in [1.54, 1.807) is 19.5 Å². The fourth-order valence-corrected chi connectivity index (χ4v) is 1.85. The van der Waals surface area contributed by atoms with Crippen molar-refractivity contribution in [3.8, 4) is 5.75 Å². The number of rotatable bonds is 5. The number of aryl methyl sites for hydroxylation is 1. The van der Waals surface area contributed by atoms with Gasteiger partial charge in [-0.3, -0.25) is 0 Å². The third-order valence-corrected chi connectivity index (χ3v) is 2.83. The molecular formula is C12H15ClN4O. The first-order valence-corrected chi connectivity index (χ1v) is 6.06. The van der Waals surface area contributed by atoms with Crippen molar-refractivity contribution in [2.45, 2.75) is 20.0 Å². The van der Waals surface area contributed by atoms with E-state index in [2.05, 4.69) is 15.4 Å². The number of aromatic nitrogens is 3. The van der Waals surface area contributed by atoms with Gasteiger partial charge in [0.25, 0.3) is 0 Å². The van der Waals surface area contributed by atoms with Crippen LogP contribution < -0.4 is 10.1 Å². The van der Waals surface area contributed by atoms with Gasteiger partial charge in [0, 0.05) is 11.6 Å². The SMILES string of the molecule is CCn1ncnc1CNc1cc(Cl)ccc1OC. The van der Waals surface area contributed by atoms with Gasteiger partial charge in [-0.1, -0.05) is 11.6 Å². The first-order chi connectivity index (χ1) is 8.74. The van der Waals surface area contributed by atoms with Gasteiger partial charge in [0.05, 0.1) is 19.3 Å². The number of anilines is 1. The first-order valence-electron chi connectivity index (χ1n) is 5.68. The summed E-state index contributed by atoms with van der Waals surface area (Å²) in [5.41, 5.74) is 0.843. The van der Waals surface area contributed by atoms with Gasteiger partial charge in [-0.25, -0.2) is 9.67 Å². The van der Waals surface area contributed by atoms with Crippen molar-refractivity contribution in [1.82, 2.24) is 14.8 Å². The van der Waals surface area contributed by atoms with Crippen LogP contribution in [0.2, 0.25) is 5.02 Å². The molecule has 1 aromatic heterocycles. The Morgan fingerprint density at radius 1 is 1.44 bits per heavy atom. The van der Waals surface area contributed by atoms with Crippen LogP contribution in [0, 0.1) is 0 Å². The molecule has 96 valence electrons. The van der Waals surface area contributed by atoms with E-state index in [0.29, 0.717) is 11.6 Å². The van der Waals surface area contributed by atoms with E-state index >= 15 is 0 Å². The fraction of sp³-hybridized carbons (Fsp3) is 0.333. The van der Waals surface area contributed by atoms with E-state index in [9.17, 15) is 0 Å². The minimum absolute atomic E-state index is 0.574. The second-order valence-corrected chi connectivity index (χ2v) is 4.13. The molecule has 0 amide bonds. The molecule has 6 heteroatoms. The van der Waals surface area contributed by atoms with Crippen LogP contribution in [0.5, 0.6) is 5.75 Å². The predicted octanol–water partition coefficient (Wildman–Crippen LogP) is 2.57. The lowest BCUT2D eigenvalue weighted by Crippen LogP contribution is -2.09. The molecule has 0 saturated heterocycles. The summed E-state index contributed by atoms with van der Waals surface area (Å²) in [6.07, 6.45) is 1.55. The maximum Gasteiger partial charge on any atom is 0.146 e. The molecule has 0 atom stereocenters. The Labute approximate surface area is 111 Å². The topological polar surface area (TPSA) is 52.0 Å². The molecule has 0 saturated carbocycles. The van der Waals surface area contributed by atoms with Crippen LogP contribution in [0.15, 0.2) is 24.5 Å². The lowest BCUT2D eigenvalue weighted by molar-refractivity contribution is 0.416. The molecule has 1 heterocycles. The van der Waals surface area contributed by atoms with Crippen LogP contribution >= 0.6 is 11.6 Å². The zero-order valence-electron chi connectivity index (χ0n) is 10.4. The Bertz CT molecular complexity index is 527. The zero-order chi connectivity index (χ0) is 13.0. The van der Waals surface area contributed by atoms with E-state index in [0.717, 1.165) is 23.8 Å². The highest BCUT2D eigenvalue weighted by molar-refractivity contribution is 6.30. The number of nitrogens with one attached hydrogen (secondary N) is 1. The van der Waals surface area contributed by atoms with Crippen LogP contribution in [0.4, 0.5) is 5.69 Å². The molecule has 0 bridgehead atoms. The van der Waals surface area contributed by atoms with Crippen molar-refractivity contribution < 1.29 is 4.74 Å². The molecule has 2 aromatic rings. The van der Waals surface area contributed by atoms with Gasteiger partial charge in [0.1, 0.15) is 17.9 Å². The van der Waals surface area contributed by atoms with Gasteiger partial charge >= 0.3 is 0 Å². The molecular weight excluding hydrogens is 252 g/mol. The van der Waals surface area contributed by atoms with Crippen LogP contribution in [-0.2, 0) is 13.1 Å². The molecule has 0 unspecified atom stereocenters. The summed E-state index contributed by atoms with van der Waals surface area (Å²) in [6, 6.07) is 5.45. The molecule has 18 heavy (non-hydrogen) atoms. The summed E-state index contributed by atoms with van der Waals surface area (Å²) < 4.78 is 7.10. The van der Waals surface area contributed by atoms with Gasteiger partial charge in [-0.2, -0.15) is 5.10 Å². The largest absolute Gasteiger partial charge is 0.495 e. The van der Waals surface area contributed by atoms with Crippen LogP contribution in [0.3, 0.4) is 0 Å². The highest BCUT2D eigenvalue weighted by Crippen LogP contribution is 2.27. The standard InChI is InChI=1S/C12H15ClN4O/c1-3-17-12(15-8-16-17)7-14-10-6-9(13)4-5-11(10)18-2/h4-6,8,14H,3,7H2,1-2H3. The molecule has 1 aromatic carbocycles. The number of methoxy groups -OCH3 is 1. The monoisotopic (exact) mass is 266 g/mol. The van der Waals surface area contributed by atoms with Crippen molar-refractivity contribution in [1.29, 1.82) is 0 Å². The van der Waals surface area contributed by atoms with Crippen molar-refractivity contribution in [3.63, 3.8) is 0 Å². The number of hydrogen-bond donors (Lipinski definition) is 1. The summed E-state index contributed by atoms with van der Waals surface area (Å²) in [7, 11) is 1.63. The highest BCUT2D eigenvalue weighted by atomic mass is 35.5. The summed E-state index contributed by atoms with van der Waals surface area (Å²) in [5, 5.41) is 8.03. The molecule has 0 fully saturated rings. The molecule has 0 spiro atoms. The maximum absolute atomic E-state index is 5.96. The molecule has 5 nitrogen and oxygen atoms in total. The predicted molar refractivity (Wildman–Crippen MR) is 71.0 cm³/mol. The molecule has 0 aliphatic rings. The Balaban J connectivity index is 2.12. The lowest BCUT2D eigenvalue weighted by atomic mass is 10.3. The summed E-state index contributed by atoms with van der Waals surface area (Å²) in [5.74, 6) is 1.63. The van der Waals surface area contributed by atoms with Gasteiger partial charge in [-0.15, -0.1) is 0 Å². The highest BCUT2D eigenvalue weighted by Gasteiger charge is 2.06. The van der Waals surface area contributed by atoms with Crippen molar-refractivity contribution in [2.75, 3.05) is 12.4 Å². The third-order valence-electron chi connectivity index (χ3n) is 2.59. The van der Waals surface area contributed by atoms with Crippen molar-refractivity contribution in [2.24, 2.45) is 0 Å². The first kappa shape index (κ1) is 12.7. The molecule has 0 aliphatic heterocycles. The van der Waals surface area contributed by atoms with E-state index in [-0.39, 0.29) is 0 Å². The Morgan fingerprint density at radius 2 is 2.28 bits per heavy atom. The summed E-state index contributed by atoms with van der Waals surface area (Å²) in [6.45, 7) is 3.40. The normalized spacial score (nSPS) is 10.4. The molecule has 1 N–H and O–H groups in total.